The first-order valence-corrected chi connectivity index (χ1v) is 11.3. The molecule has 1 aliphatic rings. The van der Waals surface area contributed by atoms with E-state index in [1.807, 2.05) is 57.2 Å². The molecule has 4 rings (SSSR count). The lowest BCUT2D eigenvalue weighted by Gasteiger charge is -2.17. The van der Waals surface area contributed by atoms with Crippen LogP contribution < -0.4 is 0 Å². The molecule has 1 aromatic carbocycles. The molecule has 0 N–H and O–H groups in total. The average Bonchev–Trinajstić information content (AvgIpc) is 3.23. The molecule has 34 heavy (non-hydrogen) atoms. The molecule has 7 heteroatoms. The smallest absolute Gasteiger partial charge is 0.340 e. The van der Waals surface area contributed by atoms with Crippen LogP contribution in [0.5, 0.6) is 0 Å². The number of ether oxygens (including phenoxy) is 1. The van der Waals surface area contributed by atoms with Crippen LogP contribution in [0.3, 0.4) is 0 Å². The number of amides is 1. The predicted octanol–water partition coefficient (Wildman–Crippen LogP) is 5.32. The van der Waals surface area contributed by atoms with Crippen molar-refractivity contribution in [1.29, 1.82) is 0 Å². The Hall–Kier alpha value is -3.64. The van der Waals surface area contributed by atoms with Crippen LogP contribution in [0, 0.1) is 20.8 Å². The van der Waals surface area contributed by atoms with Gasteiger partial charge in [-0.1, -0.05) is 23.7 Å². The number of hydrogen-bond donors (Lipinski definition) is 0. The number of hydrogen-bond acceptors (Lipinski definition) is 4. The van der Waals surface area contributed by atoms with Gasteiger partial charge in [-0.3, -0.25) is 9.78 Å². The minimum atomic E-state index is -0.537. The average molecular weight is 476 g/mol. The van der Waals surface area contributed by atoms with Gasteiger partial charge in [0.25, 0.3) is 5.91 Å². The number of pyridine rings is 1. The summed E-state index contributed by atoms with van der Waals surface area (Å²) in [6.45, 7) is 8.02. The van der Waals surface area contributed by atoms with Crippen LogP contribution in [-0.4, -0.2) is 33.4 Å². The van der Waals surface area contributed by atoms with Crippen LogP contribution in [0.25, 0.3) is 11.8 Å². The van der Waals surface area contributed by atoms with Crippen molar-refractivity contribution in [2.24, 2.45) is 0 Å². The minimum absolute atomic E-state index is 0.245. The number of aryl methyl sites for hydroxylation is 2. The Morgan fingerprint density at radius 3 is 2.56 bits per heavy atom. The van der Waals surface area contributed by atoms with Crippen molar-refractivity contribution in [2.45, 2.75) is 34.2 Å². The zero-order chi connectivity index (χ0) is 24.6. The molecule has 6 nitrogen and oxygen atoms in total. The van der Waals surface area contributed by atoms with E-state index in [1.54, 1.807) is 30.3 Å². The van der Waals surface area contributed by atoms with Crippen LogP contribution in [0.4, 0.5) is 0 Å². The second-order valence-corrected chi connectivity index (χ2v) is 8.77. The summed E-state index contributed by atoms with van der Waals surface area (Å²) in [6, 6.07) is 11.6. The van der Waals surface area contributed by atoms with E-state index >= 15 is 0 Å². The minimum Gasteiger partial charge on any atom is -0.465 e. The third-order valence-electron chi connectivity index (χ3n) is 6.15. The van der Waals surface area contributed by atoms with Gasteiger partial charge < -0.3 is 14.2 Å². The van der Waals surface area contributed by atoms with E-state index in [4.69, 9.17) is 16.3 Å². The maximum Gasteiger partial charge on any atom is 0.340 e. The van der Waals surface area contributed by atoms with E-state index in [0.29, 0.717) is 22.8 Å². The van der Waals surface area contributed by atoms with Gasteiger partial charge in [0, 0.05) is 40.2 Å². The number of methoxy groups -OCH3 is 1. The number of halogens is 1. The first-order chi connectivity index (χ1) is 16.2. The number of carbonyl (C=O) groups excluding carboxylic acids is 2. The van der Waals surface area contributed by atoms with Crippen LogP contribution in [0.1, 0.15) is 35.0 Å². The zero-order valence-corrected chi connectivity index (χ0v) is 20.6. The summed E-state index contributed by atoms with van der Waals surface area (Å²) in [5, 5.41) is 0.688. The first kappa shape index (κ1) is 23.5. The number of aromatic nitrogens is 2. The fourth-order valence-electron chi connectivity index (χ4n) is 4.30. The number of nitrogens with zero attached hydrogens (tertiary/aromatic N) is 3. The molecule has 2 aromatic heterocycles. The van der Waals surface area contributed by atoms with E-state index < -0.39 is 5.97 Å². The Morgan fingerprint density at radius 2 is 1.91 bits per heavy atom. The number of esters is 1. The topological polar surface area (TPSA) is 64.4 Å². The lowest BCUT2D eigenvalue weighted by Crippen LogP contribution is -2.24. The van der Waals surface area contributed by atoms with E-state index in [2.05, 4.69) is 9.55 Å². The van der Waals surface area contributed by atoms with Gasteiger partial charge in [0.1, 0.15) is 0 Å². The fourth-order valence-corrected chi connectivity index (χ4v) is 4.47. The number of allylic oxidation sites excluding steroid dienone is 1. The molecule has 0 radical (unpaired) electrons. The number of carbonyl (C=O) groups is 2. The molecule has 0 unspecified atom stereocenters. The molecular formula is C27H26ClN3O3. The largest absolute Gasteiger partial charge is 0.465 e. The Labute approximate surface area is 204 Å². The monoisotopic (exact) mass is 475 g/mol. The lowest BCUT2D eigenvalue weighted by molar-refractivity contribution is -0.136. The first-order valence-electron chi connectivity index (χ1n) is 10.9. The summed E-state index contributed by atoms with van der Waals surface area (Å²) < 4.78 is 7.11. The molecule has 1 aliphatic heterocycles. The van der Waals surface area contributed by atoms with E-state index in [0.717, 1.165) is 33.8 Å². The van der Waals surface area contributed by atoms with Gasteiger partial charge in [-0.25, -0.2) is 4.79 Å². The van der Waals surface area contributed by atoms with Crippen LogP contribution >= 0.6 is 11.6 Å². The van der Waals surface area contributed by atoms with Gasteiger partial charge in [0.05, 0.1) is 24.8 Å². The lowest BCUT2D eigenvalue weighted by atomic mass is 10.0. The van der Waals surface area contributed by atoms with Gasteiger partial charge in [0.15, 0.2) is 0 Å². The Bertz CT molecular complexity index is 1350. The van der Waals surface area contributed by atoms with E-state index in [9.17, 15) is 9.59 Å². The number of rotatable bonds is 5. The van der Waals surface area contributed by atoms with Crippen molar-refractivity contribution in [3.05, 3.63) is 98.7 Å². The highest BCUT2D eigenvalue weighted by Gasteiger charge is 2.37. The maximum absolute atomic E-state index is 13.5. The van der Waals surface area contributed by atoms with Crippen LogP contribution in [-0.2, 0) is 20.9 Å². The van der Waals surface area contributed by atoms with Gasteiger partial charge in [-0.05, 0) is 74.7 Å². The summed E-state index contributed by atoms with van der Waals surface area (Å²) in [5.74, 6) is -0.783. The summed E-state index contributed by atoms with van der Waals surface area (Å²) in [7, 11) is 1.32. The molecule has 3 aromatic rings. The Balaban J connectivity index is 1.79. The van der Waals surface area contributed by atoms with Gasteiger partial charge in [-0.15, -0.1) is 0 Å². The van der Waals surface area contributed by atoms with Crippen molar-refractivity contribution < 1.29 is 14.3 Å². The summed E-state index contributed by atoms with van der Waals surface area (Å²) in [5.41, 5.74) is 6.73. The molecule has 0 saturated heterocycles. The molecule has 0 aliphatic carbocycles. The van der Waals surface area contributed by atoms with Gasteiger partial charge in [-0.2, -0.15) is 0 Å². The molecule has 0 saturated carbocycles. The van der Waals surface area contributed by atoms with Crippen molar-refractivity contribution in [3.63, 3.8) is 0 Å². The normalized spacial score (nSPS) is 14.9. The van der Waals surface area contributed by atoms with Gasteiger partial charge >= 0.3 is 5.97 Å². The van der Waals surface area contributed by atoms with Crippen LogP contribution in [0.15, 0.2) is 65.6 Å². The Morgan fingerprint density at radius 1 is 1.15 bits per heavy atom. The second-order valence-electron chi connectivity index (χ2n) is 8.36. The zero-order valence-electron chi connectivity index (χ0n) is 19.8. The third kappa shape index (κ3) is 4.17. The maximum atomic E-state index is 13.5. The highest BCUT2D eigenvalue weighted by Crippen LogP contribution is 2.34. The summed E-state index contributed by atoms with van der Waals surface area (Å²) in [6.07, 6.45) is 5.16. The van der Waals surface area contributed by atoms with Crippen molar-refractivity contribution in [3.8, 4) is 5.69 Å². The van der Waals surface area contributed by atoms with Gasteiger partial charge in [0.2, 0.25) is 0 Å². The van der Waals surface area contributed by atoms with Crippen molar-refractivity contribution in [2.75, 3.05) is 7.11 Å². The molecule has 1 amide bonds. The molecule has 0 fully saturated rings. The standard InChI is InChI=1S/C27H26ClN3O3/c1-16-8-9-22(13-24(16)28)31-17(2)11-21(18(31)3)12-23-25(27(33)34-5)19(4)30(26(23)32)15-20-7-6-10-29-14-20/h6-14H,15H2,1-5H3/b23-12-. The van der Waals surface area contributed by atoms with E-state index in [1.165, 1.54) is 7.11 Å². The molecule has 3 heterocycles. The Kier molecular flexibility index (Phi) is 6.44. The molecule has 174 valence electrons. The second kappa shape index (κ2) is 9.31. The van der Waals surface area contributed by atoms with E-state index in [-0.39, 0.29) is 11.5 Å². The summed E-state index contributed by atoms with van der Waals surface area (Å²) in [4.78, 5) is 31.9. The highest BCUT2D eigenvalue weighted by atomic mass is 35.5. The summed E-state index contributed by atoms with van der Waals surface area (Å²) >= 11 is 6.36. The molecular weight excluding hydrogens is 450 g/mol. The molecule has 0 atom stereocenters. The van der Waals surface area contributed by atoms with Crippen molar-refractivity contribution >= 4 is 29.6 Å². The highest BCUT2D eigenvalue weighted by molar-refractivity contribution is 6.31. The molecule has 0 spiro atoms. The SMILES string of the molecule is COC(=O)C1=C(C)N(Cc2cccnc2)C(=O)/C1=C\c1cc(C)n(-c2ccc(C)c(Cl)c2)c1C. The third-order valence-corrected chi connectivity index (χ3v) is 6.56. The van der Waals surface area contributed by atoms with Crippen LogP contribution in [0.2, 0.25) is 5.02 Å². The fraction of sp³-hybridized carbons (Fsp3) is 0.222. The number of benzene rings is 1. The quantitative estimate of drug-likeness (QED) is 0.370. The molecule has 0 bridgehead atoms. The predicted molar refractivity (Wildman–Crippen MR) is 132 cm³/mol. The van der Waals surface area contributed by atoms with Crippen molar-refractivity contribution in [1.82, 2.24) is 14.5 Å².